The van der Waals surface area contributed by atoms with Crippen LogP contribution in [0.5, 0.6) is 11.5 Å². The van der Waals surface area contributed by atoms with Gasteiger partial charge in [0.1, 0.15) is 6.61 Å². The number of carbonyl (C=O) groups is 2. The summed E-state index contributed by atoms with van der Waals surface area (Å²) >= 11 is 5.95. The van der Waals surface area contributed by atoms with Crippen LogP contribution in [-0.2, 0) is 6.61 Å². The van der Waals surface area contributed by atoms with Crippen LogP contribution in [0.4, 0.5) is 5.69 Å². The van der Waals surface area contributed by atoms with E-state index in [9.17, 15) is 14.7 Å². The lowest BCUT2D eigenvalue weighted by Gasteiger charge is -2.21. The van der Waals surface area contributed by atoms with Crippen molar-refractivity contribution >= 4 is 28.9 Å². The molecule has 1 aliphatic carbocycles. The lowest BCUT2D eigenvalue weighted by atomic mass is 9.82. The van der Waals surface area contributed by atoms with Crippen LogP contribution in [-0.4, -0.2) is 16.7 Å². The van der Waals surface area contributed by atoms with Gasteiger partial charge in [-0.3, -0.25) is 9.59 Å². The molecule has 0 aliphatic heterocycles. The van der Waals surface area contributed by atoms with Crippen LogP contribution in [0.3, 0.4) is 0 Å². The van der Waals surface area contributed by atoms with E-state index < -0.39 is 17.3 Å². The van der Waals surface area contributed by atoms with Crippen LogP contribution in [0.2, 0.25) is 5.02 Å². The van der Waals surface area contributed by atoms with Crippen molar-refractivity contribution in [3.63, 3.8) is 0 Å². The second-order valence-electron chi connectivity index (χ2n) is 6.18. The number of phenols is 1. The molecule has 0 saturated carbocycles. The van der Waals surface area contributed by atoms with Crippen molar-refractivity contribution in [1.82, 2.24) is 0 Å². The van der Waals surface area contributed by atoms with Gasteiger partial charge in [0.05, 0.1) is 11.1 Å². The van der Waals surface area contributed by atoms with Crippen molar-refractivity contribution in [3.8, 4) is 11.5 Å². The summed E-state index contributed by atoms with van der Waals surface area (Å²) in [6, 6.07) is 15.1. The number of carbonyl (C=O) groups excluding carboxylic acids is 2. The predicted octanol–water partition coefficient (Wildman–Crippen LogP) is 3.98. The fraction of sp³-hybridized carbons (Fsp3) is 0.0476. The number of anilines is 1. The Morgan fingerprint density at radius 2 is 1.63 bits per heavy atom. The van der Waals surface area contributed by atoms with Gasteiger partial charge in [-0.25, -0.2) is 0 Å². The Labute approximate surface area is 160 Å². The molecule has 27 heavy (non-hydrogen) atoms. The number of nitrogen functional groups attached to an aromatic ring is 1. The Hall–Kier alpha value is -3.31. The Kier molecular flexibility index (Phi) is 4.09. The highest BCUT2D eigenvalue weighted by Crippen LogP contribution is 2.42. The second-order valence-corrected chi connectivity index (χ2v) is 6.62. The Bertz CT molecular complexity index is 1090. The van der Waals surface area contributed by atoms with Crippen LogP contribution in [0.1, 0.15) is 37.4 Å². The van der Waals surface area contributed by atoms with Gasteiger partial charge < -0.3 is 15.6 Å². The van der Waals surface area contributed by atoms with Crippen LogP contribution < -0.4 is 10.5 Å². The summed E-state index contributed by atoms with van der Waals surface area (Å²) in [7, 11) is 0. The zero-order chi connectivity index (χ0) is 19.1. The largest absolute Gasteiger partial charge is 0.504 e. The summed E-state index contributed by atoms with van der Waals surface area (Å²) in [4.78, 5) is 25.7. The highest BCUT2D eigenvalue weighted by molar-refractivity contribution is 6.34. The molecule has 3 N–H and O–H groups in total. The third kappa shape index (κ3) is 2.82. The minimum Gasteiger partial charge on any atom is -0.504 e. The van der Waals surface area contributed by atoms with Crippen molar-refractivity contribution in [2.45, 2.75) is 6.61 Å². The number of ether oxygens (including phenoxy) is 1. The number of halogens is 1. The number of nitrogens with two attached hydrogens (primary N) is 1. The highest BCUT2D eigenvalue weighted by Gasteiger charge is 2.35. The van der Waals surface area contributed by atoms with Crippen LogP contribution >= 0.6 is 11.6 Å². The zero-order valence-electron chi connectivity index (χ0n) is 14.0. The van der Waals surface area contributed by atoms with Crippen molar-refractivity contribution in [3.05, 3.63) is 87.4 Å². The first-order chi connectivity index (χ1) is 13.0. The summed E-state index contributed by atoms with van der Waals surface area (Å²) in [6.07, 6.45) is 0. The second kappa shape index (κ2) is 6.45. The quantitative estimate of drug-likeness (QED) is 0.415. The van der Waals surface area contributed by atoms with Gasteiger partial charge in [0.2, 0.25) is 0 Å². The van der Waals surface area contributed by atoms with E-state index in [0.29, 0.717) is 5.02 Å². The van der Waals surface area contributed by atoms with Gasteiger partial charge in [0.25, 0.3) is 0 Å². The molecule has 0 fully saturated rings. The summed E-state index contributed by atoms with van der Waals surface area (Å²) in [6.45, 7) is 0.182. The molecule has 0 bridgehead atoms. The standard InChI is InChI=1S/C21H14ClNO4/c22-12-6-7-13-14(8-12)20(25)17-15(23)9-16(21(26)18(17)19(13)24)27-10-11-4-2-1-3-5-11/h1-9,26H,10,23H2. The van der Waals surface area contributed by atoms with Gasteiger partial charge in [-0.05, 0) is 23.8 Å². The molecular formula is C21H14ClNO4. The molecule has 0 heterocycles. The monoisotopic (exact) mass is 379 g/mol. The van der Waals surface area contributed by atoms with Crippen LogP contribution in [0.25, 0.3) is 0 Å². The maximum Gasteiger partial charge on any atom is 0.198 e. The molecule has 134 valence electrons. The first kappa shape index (κ1) is 17.1. The van der Waals surface area contributed by atoms with Gasteiger partial charge in [0.15, 0.2) is 23.1 Å². The fourth-order valence-corrected chi connectivity index (χ4v) is 3.32. The summed E-state index contributed by atoms with van der Waals surface area (Å²) in [5.41, 5.74) is 7.15. The molecule has 4 rings (SSSR count). The topological polar surface area (TPSA) is 89.6 Å². The maximum absolute atomic E-state index is 12.9. The SMILES string of the molecule is Nc1cc(OCc2ccccc2)c(O)c2c1C(=O)c1cc(Cl)ccc1C2=O. The average molecular weight is 380 g/mol. The molecule has 5 nitrogen and oxygen atoms in total. The Morgan fingerprint density at radius 1 is 0.926 bits per heavy atom. The van der Waals surface area contributed by atoms with E-state index in [0.717, 1.165) is 5.56 Å². The molecule has 3 aromatic rings. The Morgan fingerprint density at radius 3 is 2.37 bits per heavy atom. The number of benzene rings is 3. The number of phenolic OH excluding ortho intramolecular Hbond substituents is 1. The predicted molar refractivity (Wildman–Crippen MR) is 102 cm³/mol. The molecule has 0 atom stereocenters. The first-order valence-electron chi connectivity index (χ1n) is 8.18. The van der Waals surface area contributed by atoms with E-state index in [-0.39, 0.29) is 40.3 Å². The normalized spacial score (nSPS) is 12.5. The smallest absolute Gasteiger partial charge is 0.198 e. The molecule has 3 aromatic carbocycles. The summed E-state index contributed by atoms with van der Waals surface area (Å²) < 4.78 is 5.65. The van der Waals surface area contributed by atoms with E-state index in [1.165, 1.54) is 24.3 Å². The number of ketones is 2. The third-order valence-corrected chi connectivity index (χ3v) is 4.69. The maximum atomic E-state index is 12.9. The molecule has 1 aliphatic rings. The number of hydrogen-bond donors (Lipinski definition) is 2. The van der Waals surface area contributed by atoms with Gasteiger partial charge in [-0.1, -0.05) is 41.9 Å². The zero-order valence-corrected chi connectivity index (χ0v) is 14.8. The molecule has 0 spiro atoms. The summed E-state index contributed by atoms with van der Waals surface area (Å²) in [5, 5.41) is 11.0. The highest BCUT2D eigenvalue weighted by atomic mass is 35.5. The van der Waals surface area contributed by atoms with Crippen molar-refractivity contribution in [2.24, 2.45) is 0 Å². The average Bonchev–Trinajstić information content (AvgIpc) is 2.67. The third-order valence-electron chi connectivity index (χ3n) is 4.46. The van der Waals surface area contributed by atoms with Gasteiger partial charge in [-0.2, -0.15) is 0 Å². The van der Waals surface area contributed by atoms with Crippen molar-refractivity contribution in [2.75, 3.05) is 5.73 Å². The molecule has 0 amide bonds. The van der Waals surface area contributed by atoms with Gasteiger partial charge in [0, 0.05) is 27.9 Å². The molecular weight excluding hydrogens is 366 g/mol. The number of hydrogen-bond acceptors (Lipinski definition) is 5. The van der Waals surface area contributed by atoms with Gasteiger partial charge >= 0.3 is 0 Å². The minimum absolute atomic E-state index is 0.0284. The minimum atomic E-state index is -0.495. The van der Waals surface area contributed by atoms with E-state index in [1.807, 2.05) is 30.3 Å². The molecule has 6 heteroatoms. The van der Waals surface area contributed by atoms with Crippen molar-refractivity contribution < 1.29 is 19.4 Å². The summed E-state index contributed by atoms with van der Waals surface area (Å²) in [5.74, 6) is -1.29. The molecule has 0 aromatic heterocycles. The lowest BCUT2D eigenvalue weighted by Crippen LogP contribution is -2.23. The van der Waals surface area contributed by atoms with E-state index >= 15 is 0 Å². The van der Waals surface area contributed by atoms with E-state index in [1.54, 1.807) is 0 Å². The van der Waals surface area contributed by atoms with E-state index in [2.05, 4.69) is 0 Å². The van der Waals surface area contributed by atoms with Gasteiger partial charge in [-0.15, -0.1) is 0 Å². The molecule has 0 unspecified atom stereocenters. The van der Waals surface area contributed by atoms with Crippen LogP contribution in [0.15, 0.2) is 54.6 Å². The number of rotatable bonds is 3. The molecule has 0 saturated heterocycles. The number of fused-ring (bicyclic) bond motifs is 2. The lowest BCUT2D eigenvalue weighted by molar-refractivity contribution is 0.0976. The fourth-order valence-electron chi connectivity index (χ4n) is 3.15. The number of aromatic hydroxyl groups is 1. The van der Waals surface area contributed by atoms with Crippen molar-refractivity contribution in [1.29, 1.82) is 0 Å². The van der Waals surface area contributed by atoms with Crippen LogP contribution in [0, 0.1) is 0 Å². The first-order valence-corrected chi connectivity index (χ1v) is 8.56. The molecule has 0 radical (unpaired) electrons. The van der Waals surface area contributed by atoms with E-state index in [4.69, 9.17) is 22.1 Å². The Balaban J connectivity index is 1.79.